The number of aryl methyl sites for hydroxylation is 1. The molecule has 0 bridgehead atoms. The van der Waals surface area contributed by atoms with Crippen LogP contribution in [0.2, 0.25) is 0 Å². The smallest absolute Gasteiger partial charge is 0.287 e. The molecule has 3 N–H and O–H groups in total. The van der Waals surface area contributed by atoms with Gasteiger partial charge >= 0.3 is 0 Å². The van der Waals surface area contributed by atoms with Gasteiger partial charge in [-0.05, 0) is 6.92 Å². The van der Waals surface area contributed by atoms with Crippen molar-refractivity contribution in [3.63, 3.8) is 0 Å². The number of aromatic nitrogens is 5. The molecule has 3 aromatic rings. The first-order chi connectivity index (χ1) is 10.6. The highest BCUT2D eigenvalue weighted by Crippen LogP contribution is 2.30. The predicted molar refractivity (Wildman–Crippen MR) is 75.5 cm³/mol. The molecule has 1 aliphatic heterocycles. The summed E-state index contributed by atoms with van der Waals surface area (Å²) in [7, 11) is 0. The molecule has 0 amide bonds. The van der Waals surface area contributed by atoms with Gasteiger partial charge in [0.1, 0.15) is 12.3 Å². The number of fused-ring (bicyclic) bond motifs is 2. The van der Waals surface area contributed by atoms with E-state index in [0.29, 0.717) is 17.8 Å². The summed E-state index contributed by atoms with van der Waals surface area (Å²) in [5, 5.41) is 19.0. The van der Waals surface area contributed by atoms with E-state index in [-0.39, 0.29) is 17.7 Å². The predicted octanol–water partition coefficient (Wildman–Crippen LogP) is -0.679. The minimum absolute atomic E-state index is 0.238. The Hall–Kier alpha value is -2.23. The molecular formula is C13H15N5O4. The van der Waals surface area contributed by atoms with Gasteiger partial charge in [0.15, 0.2) is 11.2 Å². The Morgan fingerprint density at radius 3 is 3.09 bits per heavy atom. The van der Waals surface area contributed by atoms with Gasteiger partial charge in [-0.1, -0.05) is 0 Å². The lowest BCUT2D eigenvalue weighted by molar-refractivity contribution is -0.0432. The molecule has 4 heterocycles. The van der Waals surface area contributed by atoms with E-state index < -0.39 is 18.4 Å². The van der Waals surface area contributed by atoms with E-state index in [0.717, 1.165) is 5.69 Å². The Labute approximate surface area is 123 Å². The van der Waals surface area contributed by atoms with Crippen LogP contribution in [0.4, 0.5) is 0 Å². The van der Waals surface area contributed by atoms with E-state index in [9.17, 15) is 9.90 Å². The van der Waals surface area contributed by atoms with Crippen molar-refractivity contribution in [1.82, 2.24) is 23.9 Å². The second kappa shape index (κ2) is 4.63. The standard InChI is InChI=1S/C13H15N5O4/c1-6-3-17-12(21)10-11(16-13(17)15-6)18(5-14-10)9-2-7(20)8(4-19)22-9/h3,5,7-9,19-20H,2,4H2,1H3,(H,15,16)/t7-,8-,9-/m1/s1. The Balaban J connectivity index is 1.88. The van der Waals surface area contributed by atoms with E-state index in [2.05, 4.69) is 15.0 Å². The van der Waals surface area contributed by atoms with Crippen molar-refractivity contribution < 1.29 is 14.9 Å². The highest BCUT2D eigenvalue weighted by atomic mass is 16.5. The van der Waals surface area contributed by atoms with Gasteiger partial charge < -0.3 is 19.9 Å². The van der Waals surface area contributed by atoms with Crippen molar-refractivity contribution in [2.24, 2.45) is 0 Å². The Kier molecular flexibility index (Phi) is 2.83. The largest absolute Gasteiger partial charge is 0.394 e. The molecule has 116 valence electrons. The maximum Gasteiger partial charge on any atom is 0.287 e. The zero-order valence-electron chi connectivity index (χ0n) is 11.8. The Bertz CT molecular complexity index is 910. The summed E-state index contributed by atoms with van der Waals surface area (Å²) in [5.41, 5.74) is 1.18. The van der Waals surface area contributed by atoms with Crippen molar-refractivity contribution in [3.8, 4) is 0 Å². The van der Waals surface area contributed by atoms with E-state index in [1.54, 1.807) is 10.8 Å². The van der Waals surface area contributed by atoms with Gasteiger partial charge in [-0.2, -0.15) is 4.98 Å². The summed E-state index contributed by atoms with van der Waals surface area (Å²) in [5.74, 6) is 0.425. The lowest BCUT2D eigenvalue weighted by Crippen LogP contribution is -2.24. The molecule has 4 rings (SSSR count). The number of H-pyrrole nitrogens is 1. The van der Waals surface area contributed by atoms with Crippen LogP contribution >= 0.6 is 0 Å². The van der Waals surface area contributed by atoms with Gasteiger partial charge in [0, 0.05) is 18.3 Å². The first kappa shape index (κ1) is 13.4. The molecule has 0 unspecified atom stereocenters. The molecular weight excluding hydrogens is 290 g/mol. The molecule has 9 nitrogen and oxygen atoms in total. The average Bonchev–Trinajstić information content (AvgIpc) is 3.15. The van der Waals surface area contributed by atoms with Crippen LogP contribution in [0, 0.1) is 6.92 Å². The monoisotopic (exact) mass is 305 g/mol. The molecule has 1 aliphatic rings. The zero-order valence-corrected chi connectivity index (χ0v) is 11.8. The van der Waals surface area contributed by atoms with Crippen molar-refractivity contribution in [2.75, 3.05) is 6.61 Å². The number of imidazole rings is 2. The SMILES string of the molecule is Cc1cn2c(=O)c3ncn([C@H]4C[C@@H](O)[C@@H](CO)O4)c3nc2[nH]1. The number of aromatic amines is 1. The molecule has 9 heteroatoms. The average molecular weight is 305 g/mol. The van der Waals surface area contributed by atoms with Gasteiger partial charge in [0.05, 0.1) is 19.0 Å². The van der Waals surface area contributed by atoms with Gasteiger partial charge in [-0.25, -0.2) is 9.38 Å². The fourth-order valence-corrected chi connectivity index (χ4v) is 2.85. The molecule has 0 radical (unpaired) electrons. The lowest BCUT2D eigenvalue weighted by Gasteiger charge is -2.13. The zero-order chi connectivity index (χ0) is 15.4. The van der Waals surface area contributed by atoms with Crippen LogP contribution in [0.25, 0.3) is 16.9 Å². The highest BCUT2D eigenvalue weighted by Gasteiger charge is 2.35. The van der Waals surface area contributed by atoms with Crippen molar-refractivity contribution in [2.45, 2.75) is 31.8 Å². The summed E-state index contributed by atoms with van der Waals surface area (Å²) in [6.45, 7) is 1.57. The maximum absolute atomic E-state index is 12.4. The quantitative estimate of drug-likeness (QED) is 0.577. The summed E-state index contributed by atoms with van der Waals surface area (Å²) in [6.07, 6.45) is 1.54. The molecule has 0 aliphatic carbocycles. The normalized spacial score (nSPS) is 25.5. The lowest BCUT2D eigenvalue weighted by atomic mass is 10.2. The minimum Gasteiger partial charge on any atom is -0.394 e. The number of aliphatic hydroxyl groups is 2. The van der Waals surface area contributed by atoms with Gasteiger partial charge in [-0.15, -0.1) is 0 Å². The number of aliphatic hydroxyl groups excluding tert-OH is 2. The van der Waals surface area contributed by atoms with Crippen molar-refractivity contribution >= 4 is 16.9 Å². The molecule has 3 atom stereocenters. The summed E-state index contributed by atoms with van der Waals surface area (Å²) in [4.78, 5) is 24.0. The van der Waals surface area contributed by atoms with Gasteiger partial charge in [0.2, 0.25) is 5.78 Å². The summed E-state index contributed by atoms with van der Waals surface area (Å²) < 4.78 is 8.63. The molecule has 1 saturated heterocycles. The van der Waals surface area contributed by atoms with Crippen LogP contribution in [0.3, 0.4) is 0 Å². The van der Waals surface area contributed by atoms with E-state index >= 15 is 0 Å². The van der Waals surface area contributed by atoms with Crippen LogP contribution in [-0.2, 0) is 4.74 Å². The summed E-state index contributed by atoms with van der Waals surface area (Å²) >= 11 is 0. The topological polar surface area (TPSA) is 118 Å². The first-order valence-electron chi connectivity index (χ1n) is 6.97. The fraction of sp³-hybridized carbons (Fsp3) is 0.462. The molecule has 3 aromatic heterocycles. The molecule has 0 aromatic carbocycles. The third-order valence-electron chi connectivity index (χ3n) is 3.96. The van der Waals surface area contributed by atoms with Crippen LogP contribution < -0.4 is 5.56 Å². The number of ether oxygens (including phenoxy) is 1. The maximum atomic E-state index is 12.4. The molecule has 0 saturated carbocycles. The molecule has 1 fully saturated rings. The van der Waals surface area contributed by atoms with E-state index in [4.69, 9.17) is 9.84 Å². The van der Waals surface area contributed by atoms with Crippen LogP contribution in [0.5, 0.6) is 0 Å². The second-order valence-corrected chi connectivity index (χ2v) is 5.49. The third kappa shape index (κ3) is 1.79. The minimum atomic E-state index is -0.759. The van der Waals surface area contributed by atoms with E-state index in [1.807, 2.05) is 6.92 Å². The van der Waals surface area contributed by atoms with Gasteiger partial charge in [0.25, 0.3) is 5.56 Å². The number of rotatable bonds is 2. The Morgan fingerprint density at radius 1 is 1.55 bits per heavy atom. The van der Waals surface area contributed by atoms with Crippen molar-refractivity contribution in [3.05, 3.63) is 28.6 Å². The van der Waals surface area contributed by atoms with Crippen molar-refractivity contribution in [1.29, 1.82) is 0 Å². The first-order valence-corrected chi connectivity index (χ1v) is 6.97. The number of hydrogen-bond donors (Lipinski definition) is 3. The number of nitrogens with zero attached hydrogens (tertiary/aromatic N) is 4. The van der Waals surface area contributed by atoms with Crippen LogP contribution in [0.15, 0.2) is 17.3 Å². The molecule has 22 heavy (non-hydrogen) atoms. The Morgan fingerprint density at radius 2 is 2.36 bits per heavy atom. The van der Waals surface area contributed by atoms with Gasteiger partial charge in [-0.3, -0.25) is 9.36 Å². The second-order valence-electron chi connectivity index (χ2n) is 5.49. The third-order valence-corrected chi connectivity index (χ3v) is 3.96. The number of hydrogen-bond acceptors (Lipinski definition) is 6. The highest BCUT2D eigenvalue weighted by molar-refractivity contribution is 5.71. The number of nitrogens with one attached hydrogen (secondary N) is 1. The molecule has 0 spiro atoms. The van der Waals surface area contributed by atoms with E-state index in [1.165, 1.54) is 10.7 Å². The van der Waals surface area contributed by atoms with Crippen LogP contribution in [-0.4, -0.2) is 52.9 Å². The fourth-order valence-electron chi connectivity index (χ4n) is 2.85. The summed E-state index contributed by atoms with van der Waals surface area (Å²) in [6, 6.07) is 0. The van der Waals surface area contributed by atoms with Crippen LogP contribution in [0.1, 0.15) is 18.3 Å².